The van der Waals surface area contributed by atoms with Crippen molar-refractivity contribution in [3.8, 4) is 0 Å². The van der Waals surface area contributed by atoms with Gasteiger partial charge in [-0.3, -0.25) is 0 Å². The first-order valence-corrected chi connectivity index (χ1v) is 8.47. The molecule has 0 bridgehead atoms. The van der Waals surface area contributed by atoms with E-state index < -0.39 is 0 Å². The van der Waals surface area contributed by atoms with Gasteiger partial charge in [0.15, 0.2) is 5.96 Å². The molecule has 2 N–H and O–H groups in total. The minimum atomic E-state index is 0.536. The van der Waals surface area contributed by atoms with Gasteiger partial charge in [0, 0.05) is 31.7 Å². The summed E-state index contributed by atoms with van der Waals surface area (Å²) in [6.07, 6.45) is 1.89. The van der Waals surface area contributed by atoms with E-state index in [-0.39, 0.29) is 0 Å². The average molecular weight is 332 g/mol. The third kappa shape index (κ3) is 5.52. The summed E-state index contributed by atoms with van der Waals surface area (Å²) in [7, 11) is 3.97. The number of aliphatic imine (C=N–C) groups is 1. The molecule has 0 saturated heterocycles. The van der Waals surface area contributed by atoms with Crippen LogP contribution < -0.4 is 15.5 Å². The Kier molecular flexibility index (Phi) is 6.34. The van der Waals surface area contributed by atoms with E-state index in [4.69, 9.17) is 0 Å². The molecule has 0 fully saturated rings. The minimum Gasteiger partial charge on any atom is -0.363 e. The van der Waals surface area contributed by atoms with Crippen LogP contribution in [0, 0.1) is 6.92 Å². The molecule has 0 unspecified atom stereocenters. The lowest BCUT2D eigenvalue weighted by molar-refractivity contribution is 0.807. The molecule has 0 radical (unpaired) electrons. The normalized spacial score (nSPS) is 11.4. The fraction of sp³-hybridized carbons (Fsp3) is 0.438. The fourth-order valence-corrected chi connectivity index (χ4v) is 2.68. The fourth-order valence-electron chi connectivity index (χ4n) is 1.95. The Morgan fingerprint density at radius 3 is 2.78 bits per heavy atom. The van der Waals surface area contributed by atoms with Gasteiger partial charge in [-0.15, -0.1) is 11.3 Å². The summed E-state index contributed by atoms with van der Waals surface area (Å²) >= 11 is 1.69. The van der Waals surface area contributed by atoms with Gasteiger partial charge in [0.2, 0.25) is 0 Å². The van der Waals surface area contributed by atoms with Crippen LogP contribution in [0.3, 0.4) is 0 Å². The summed E-state index contributed by atoms with van der Waals surface area (Å²) in [5.74, 6) is 1.71. The van der Waals surface area contributed by atoms with Crippen LogP contribution >= 0.6 is 11.3 Å². The zero-order valence-electron chi connectivity index (χ0n) is 14.1. The summed E-state index contributed by atoms with van der Waals surface area (Å²) < 4.78 is 0. The predicted molar refractivity (Wildman–Crippen MR) is 97.1 cm³/mol. The molecule has 0 aromatic carbocycles. The van der Waals surface area contributed by atoms with Gasteiger partial charge >= 0.3 is 0 Å². The van der Waals surface area contributed by atoms with Crippen LogP contribution in [0.5, 0.6) is 0 Å². The highest BCUT2D eigenvalue weighted by molar-refractivity contribution is 7.11. The van der Waals surface area contributed by atoms with Crippen LogP contribution in [0.25, 0.3) is 0 Å². The van der Waals surface area contributed by atoms with Crippen LogP contribution in [0.2, 0.25) is 0 Å². The summed E-state index contributed by atoms with van der Waals surface area (Å²) in [5.41, 5.74) is 0.943. The van der Waals surface area contributed by atoms with Crippen LogP contribution in [-0.2, 0) is 13.1 Å². The van der Waals surface area contributed by atoms with E-state index in [1.165, 1.54) is 4.88 Å². The van der Waals surface area contributed by atoms with Crippen molar-refractivity contribution in [3.63, 3.8) is 0 Å². The van der Waals surface area contributed by atoms with E-state index in [0.717, 1.165) is 29.0 Å². The third-order valence-corrected chi connectivity index (χ3v) is 3.98. The van der Waals surface area contributed by atoms with E-state index in [1.54, 1.807) is 11.3 Å². The van der Waals surface area contributed by atoms with E-state index in [9.17, 15) is 0 Å². The van der Waals surface area contributed by atoms with Crippen molar-refractivity contribution < 1.29 is 0 Å². The van der Waals surface area contributed by atoms with Crippen molar-refractivity contribution in [2.75, 3.05) is 25.5 Å². The lowest BCUT2D eigenvalue weighted by atomic mass is 10.3. The molecule has 7 heteroatoms. The second-order valence-corrected chi connectivity index (χ2v) is 6.61. The summed E-state index contributed by atoms with van der Waals surface area (Å²) in [6, 6.07) is 5.98. The number of anilines is 1. The lowest BCUT2D eigenvalue weighted by Gasteiger charge is -2.12. The van der Waals surface area contributed by atoms with E-state index in [2.05, 4.69) is 39.4 Å². The molecule has 124 valence electrons. The number of hydrogen-bond donors (Lipinski definition) is 2. The predicted octanol–water partition coefficient (Wildman–Crippen LogP) is 2.17. The third-order valence-electron chi connectivity index (χ3n) is 3.07. The van der Waals surface area contributed by atoms with Gasteiger partial charge in [0.1, 0.15) is 10.8 Å². The second kappa shape index (κ2) is 8.47. The number of nitrogens with one attached hydrogen (secondary N) is 2. The molecule has 0 aliphatic heterocycles. The smallest absolute Gasteiger partial charge is 0.191 e. The van der Waals surface area contributed by atoms with Crippen molar-refractivity contribution in [1.29, 1.82) is 0 Å². The highest BCUT2D eigenvalue weighted by Crippen LogP contribution is 2.10. The molecule has 2 rings (SSSR count). The molecule has 23 heavy (non-hydrogen) atoms. The number of guanidine groups is 1. The summed E-state index contributed by atoms with van der Waals surface area (Å²) in [6.45, 7) is 6.14. The minimum absolute atomic E-state index is 0.536. The van der Waals surface area contributed by atoms with Crippen LogP contribution in [0.1, 0.15) is 22.5 Å². The van der Waals surface area contributed by atoms with E-state index in [0.29, 0.717) is 13.1 Å². The first-order valence-electron chi connectivity index (χ1n) is 7.65. The summed E-state index contributed by atoms with van der Waals surface area (Å²) in [5, 5.41) is 7.61. The highest BCUT2D eigenvalue weighted by Gasteiger charge is 2.03. The van der Waals surface area contributed by atoms with Gasteiger partial charge in [-0.05, 0) is 26.0 Å². The number of aromatic nitrogens is 2. The van der Waals surface area contributed by atoms with Crippen LogP contribution in [0.4, 0.5) is 5.82 Å². The Bertz CT molecular complexity index is 650. The van der Waals surface area contributed by atoms with Crippen molar-refractivity contribution in [2.24, 2.45) is 4.99 Å². The zero-order chi connectivity index (χ0) is 16.7. The number of thiazole rings is 1. The van der Waals surface area contributed by atoms with Crippen molar-refractivity contribution >= 4 is 23.1 Å². The molecule has 2 aromatic rings. The Labute approximate surface area is 141 Å². The first kappa shape index (κ1) is 17.2. The highest BCUT2D eigenvalue weighted by atomic mass is 32.1. The quantitative estimate of drug-likeness (QED) is 0.627. The maximum absolute atomic E-state index is 4.60. The maximum atomic E-state index is 4.60. The van der Waals surface area contributed by atoms with Crippen molar-refractivity contribution in [2.45, 2.75) is 26.9 Å². The summed E-state index contributed by atoms with van der Waals surface area (Å²) in [4.78, 5) is 16.7. The number of hydrogen-bond acceptors (Lipinski definition) is 5. The Hall–Kier alpha value is -2.15. The number of nitrogens with zero attached hydrogens (tertiary/aromatic N) is 4. The molecule has 2 heterocycles. The van der Waals surface area contributed by atoms with E-state index >= 15 is 0 Å². The molecule has 0 atom stereocenters. The Balaban J connectivity index is 1.99. The number of rotatable bonds is 6. The SMILES string of the molecule is CCNC(=NCc1cccc(N(C)C)n1)NCc1ncc(C)s1. The Morgan fingerprint density at radius 1 is 1.30 bits per heavy atom. The first-order chi connectivity index (χ1) is 11.1. The maximum Gasteiger partial charge on any atom is 0.191 e. The van der Waals surface area contributed by atoms with Crippen LogP contribution in [-0.4, -0.2) is 36.6 Å². The molecular formula is C16H24N6S. The Morgan fingerprint density at radius 2 is 2.13 bits per heavy atom. The van der Waals surface area contributed by atoms with Gasteiger partial charge in [0.05, 0.1) is 18.8 Å². The molecule has 0 spiro atoms. The topological polar surface area (TPSA) is 65.4 Å². The van der Waals surface area contributed by atoms with Gasteiger partial charge in [-0.1, -0.05) is 6.07 Å². The van der Waals surface area contributed by atoms with Crippen LogP contribution in [0.15, 0.2) is 29.4 Å². The van der Waals surface area contributed by atoms with Crippen molar-refractivity contribution in [1.82, 2.24) is 20.6 Å². The van der Waals surface area contributed by atoms with Gasteiger partial charge in [-0.25, -0.2) is 15.0 Å². The average Bonchev–Trinajstić information content (AvgIpc) is 2.96. The molecule has 2 aromatic heterocycles. The van der Waals surface area contributed by atoms with Gasteiger partial charge in [0.25, 0.3) is 0 Å². The van der Waals surface area contributed by atoms with Gasteiger partial charge in [-0.2, -0.15) is 0 Å². The van der Waals surface area contributed by atoms with Crippen molar-refractivity contribution in [3.05, 3.63) is 40.0 Å². The van der Waals surface area contributed by atoms with E-state index in [1.807, 2.05) is 43.4 Å². The van der Waals surface area contributed by atoms with Gasteiger partial charge < -0.3 is 15.5 Å². The standard InChI is InChI=1S/C16H24N6S/c1-5-17-16(20-11-15-18-9-12(2)23-15)19-10-13-7-6-8-14(21-13)22(3)4/h6-9H,5,10-11H2,1-4H3,(H2,17,19,20). The molecule has 6 nitrogen and oxygen atoms in total. The molecule has 0 saturated carbocycles. The molecular weight excluding hydrogens is 308 g/mol. The second-order valence-electron chi connectivity index (χ2n) is 5.29. The molecule has 0 amide bonds. The number of aryl methyl sites for hydroxylation is 1. The molecule has 0 aliphatic carbocycles. The monoisotopic (exact) mass is 332 g/mol. The zero-order valence-corrected chi connectivity index (χ0v) is 14.9. The largest absolute Gasteiger partial charge is 0.363 e. The molecule has 0 aliphatic rings. The lowest BCUT2D eigenvalue weighted by Crippen LogP contribution is -2.36. The number of pyridine rings is 1.